The first-order valence-electron chi connectivity index (χ1n) is 8.58. The van der Waals surface area contributed by atoms with Crippen molar-refractivity contribution in [2.75, 3.05) is 13.1 Å². The second-order valence-electron chi connectivity index (χ2n) is 7.99. The van der Waals surface area contributed by atoms with E-state index in [1.165, 1.54) is 11.8 Å². The molecule has 2 amide bonds. The fourth-order valence-corrected chi connectivity index (χ4v) is 2.96. The van der Waals surface area contributed by atoms with Crippen LogP contribution in [0.5, 0.6) is 0 Å². The van der Waals surface area contributed by atoms with Crippen LogP contribution in [0.3, 0.4) is 0 Å². The van der Waals surface area contributed by atoms with Gasteiger partial charge in [0, 0.05) is 6.54 Å². The Morgan fingerprint density at radius 1 is 1.15 bits per heavy atom. The molecule has 7 heteroatoms. The van der Waals surface area contributed by atoms with Gasteiger partial charge < -0.3 is 10.2 Å². The van der Waals surface area contributed by atoms with Crippen LogP contribution >= 0.6 is 0 Å². The molecule has 0 bridgehead atoms. The standard InChI is InChI=1S/C19H25F3N2O2/c1-17(2,3)14-7-5-13(6-8-14)11-15(25)24-10-9-18(24,4)16(26)23-12-19(20,21)22/h5-8H,9-12H2,1-4H3,(H,23,26). The van der Waals surface area contributed by atoms with E-state index in [1.807, 2.05) is 29.6 Å². The van der Waals surface area contributed by atoms with Gasteiger partial charge in [0.2, 0.25) is 11.8 Å². The van der Waals surface area contributed by atoms with Crippen molar-refractivity contribution >= 4 is 11.8 Å². The van der Waals surface area contributed by atoms with Crippen LogP contribution in [0.1, 0.15) is 45.2 Å². The summed E-state index contributed by atoms with van der Waals surface area (Å²) in [7, 11) is 0. The number of halogens is 3. The van der Waals surface area contributed by atoms with Crippen LogP contribution in [0, 0.1) is 0 Å². The van der Waals surface area contributed by atoms with Crippen molar-refractivity contribution in [3.05, 3.63) is 35.4 Å². The number of carbonyl (C=O) groups is 2. The number of rotatable bonds is 4. The highest BCUT2D eigenvalue weighted by Crippen LogP contribution is 2.32. The minimum absolute atomic E-state index is 0.00908. The van der Waals surface area contributed by atoms with Crippen molar-refractivity contribution in [3.8, 4) is 0 Å². The molecule has 0 saturated carbocycles. The SMILES string of the molecule is CC(C)(C)c1ccc(CC(=O)N2CCC2(C)C(=O)NCC(F)(F)F)cc1. The molecule has 144 valence electrons. The smallest absolute Gasteiger partial charge is 0.345 e. The van der Waals surface area contributed by atoms with E-state index in [0.717, 1.165) is 11.1 Å². The Balaban J connectivity index is 2.00. The lowest BCUT2D eigenvalue weighted by molar-refractivity contribution is -0.161. The van der Waals surface area contributed by atoms with Crippen molar-refractivity contribution < 1.29 is 22.8 Å². The van der Waals surface area contributed by atoms with E-state index >= 15 is 0 Å². The van der Waals surface area contributed by atoms with Gasteiger partial charge in [0.1, 0.15) is 12.1 Å². The first-order chi connectivity index (χ1) is 11.8. The molecule has 1 atom stereocenters. The molecule has 4 nitrogen and oxygen atoms in total. The molecule has 2 rings (SSSR count). The topological polar surface area (TPSA) is 49.4 Å². The van der Waals surface area contributed by atoms with Crippen molar-refractivity contribution in [1.82, 2.24) is 10.2 Å². The second kappa shape index (κ2) is 6.93. The monoisotopic (exact) mass is 370 g/mol. The molecule has 1 aromatic rings. The third kappa shape index (κ3) is 4.56. The lowest BCUT2D eigenvalue weighted by atomic mass is 9.84. The van der Waals surface area contributed by atoms with E-state index in [4.69, 9.17) is 0 Å². The Kier molecular flexibility index (Phi) is 5.40. The molecule has 1 heterocycles. The Bertz CT molecular complexity index is 678. The maximum atomic E-state index is 12.5. The molecule has 1 N–H and O–H groups in total. The van der Waals surface area contributed by atoms with Crippen LogP contribution in [0.15, 0.2) is 24.3 Å². The molecule has 0 aliphatic carbocycles. The van der Waals surface area contributed by atoms with Gasteiger partial charge >= 0.3 is 6.18 Å². The number of carbonyl (C=O) groups excluding carboxylic acids is 2. The van der Waals surface area contributed by atoms with E-state index in [2.05, 4.69) is 20.8 Å². The zero-order chi connectivity index (χ0) is 19.8. The van der Waals surface area contributed by atoms with Crippen LogP contribution in [0.25, 0.3) is 0 Å². The van der Waals surface area contributed by atoms with Crippen molar-refractivity contribution in [3.63, 3.8) is 0 Å². The summed E-state index contributed by atoms with van der Waals surface area (Å²) in [6.07, 6.45) is -4.00. The molecule has 0 spiro atoms. The molecule has 1 fully saturated rings. The lowest BCUT2D eigenvalue weighted by Crippen LogP contribution is -2.68. The molecule has 1 unspecified atom stereocenters. The average molecular weight is 370 g/mol. The molecule has 0 radical (unpaired) electrons. The fraction of sp³-hybridized carbons (Fsp3) is 0.579. The van der Waals surface area contributed by atoms with Gasteiger partial charge in [-0.3, -0.25) is 9.59 Å². The van der Waals surface area contributed by atoms with E-state index in [0.29, 0.717) is 13.0 Å². The van der Waals surface area contributed by atoms with E-state index < -0.39 is 24.2 Å². The molecule has 1 aliphatic heterocycles. The summed E-state index contributed by atoms with van der Waals surface area (Å²) >= 11 is 0. The largest absolute Gasteiger partial charge is 0.405 e. The minimum Gasteiger partial charge on any atom is -0.345 e. The summed E-state index contributed by atoms with van der Waals surface area (Å²) < 4.78 is 36.9. The first kappa shape index (κ1) is 20.3. The van der Waals surface area contributed by atoms with Crippen LogP contribution in [0.2, 0.25) is 0 Å². The maximum absolute atomic E-state index is 12.5. The predicted octanol–water partition coefficient (Wildman–Crippen LogP) is 3.20. The van der Waals surface area contributed by atoms with E-state index in [1.54, 1.807) is 0 Å². The molecule has 0 aromatic heterocycles. The quantitative estimate of drug-likeness (QED) is 0.885. The van der Waals surface area contributed by atoms with Gasteiger partial charge in [-0.05, 0) is 29.9 Å². The molecular weight excluding hydrogens is 345 g/mol. The number of nitrogens with one attached hydrogen (secondary N) is 1. The van der Waals surface area contributed by atoms with Gasteiger partial charge in [0.15, 0.2) is 0 Å². The van der Waals surface area contributed by atoms with E-state index in [9.17, 15) is 22.8 Å². The first-order valence-corrected chi connectivity index (χ1v) is 8.58. The Labute approximate surface area is 151 Å². The number of likely N-dealkylation sites (tertiary alicyclic amines) is 1. The molecular formula is C19H25F3N2O2. The van der Waals surface area contributed by atoms with Crippen molar-refractivity contribution in [2.24, 2.45) is 0 Å². The third-order valence-electron chi connectivity index (χ3n) is 4.83. The second-order valence-corrected chi connectivity index (χ2v) is 7.99. The highest BCUT2D eigenvalue weighted by atomic mass is 19.4. The Hall–Kier alpha value is -2.05. The van der Waals surface area contributed by atoms with Crippen LogP contribution in [0.4, 0.5) is 13.2 Å². The van der Waals surface area contributed by atoms with Gasteiger partial charge in [-0.15, -0.1) is 0 Å². The number of amides is 2. The molecule has 1 saturated heterocycles. The van der Waals surface area contributed by atoms with Crippen LogP contribution in [-0.2, 0) is 21.4 Å². The van der Waals surface area contributed by atoms with Crippen molar-refractivity contribution in [2.45, 2.75) is 57.7 Å². The number of hydrogen-bond donors (Lipinski definition) is 1. The fourth-order valence-electron chi connectivity index (χ4n) is 2.96. The number of nitrogens with zero attached hydrogens (tertiary/aromatic N) is 1. The summed E-state index contributed by atoms with van der Waals surface area (Å²) in [6, 6.07) is 7.68. The van der Waals surface area contributed by atoms with Crippen molar-refractivity contribution in [1.29, 1.82) is 0 Å². The highest BCUT2D eigenvalue weighted by molar-refractivity contribution is 5.93. The molecule has 26 heavy (non-hydrogen) atoms. The van der Waals surface area contributed by atoms with Crippen LogP contribution < -0.4 is 5.32 Å². The van der Waals surface area contributed by atoms with E-state index in [-0.39, 0.29) is 17.7 Å². The Morgan fingerprint density at radius 2 is 1.73 bits per heavy atom. The molecule has 1 aliphatic rings. The van der Waals surface area contributed by atoms with Gasteiger partial charge in [-0.2, -0.15) is 13.2 Å². The average Bonchev–Trinajstić information content (AvgIpc) is 2.49. The normalized spacial score (nSPS) is 20.5. The predicted molar refractivity (Wildman–Crippen MR) is 92.6 cm³/mol. The maximum Gasteiger partial charge on any atom is 0.405 e. The summed E-state index contributed by atoms with van der Waals surface area (Å²) in [6.45, 7) is 6.77. The summed E-state index contributed by atoms with van der Waals surface area (Å²) in [4.78, 5) is 26.0. The zero-order valence-electron chi connectivity index (χ0n) is 15.5. The van der Waals surface area contributed by atoms with Gasteiger partial charge in [-0.25, -0.2) is 0 Å². The van der Waals surface area contributed by atoms with Gasteiger partial charge in [-0.1, -0.05) is 45.0 Å². The summed E-state index contributed by atoms with van der Waals surface area (Å²) in [5.74, 6) is -1.03. The van der Waals surface area contributed by atoms with Gasteiger partial charge in [0.25, 0.3) is 0 Å². The highest BCUT2D eigenvalue weighted by Gasteiger charge is 2.49. The Morgan fingerprint density at radius 3 is 2.15 bits per heavy atom. The van der Waals surface area contributed by atoms with Crippen LogP contribution in [-0.4, -0.2) is 41.5 Å². The summed E-state index contributed by atoms with van der Waals surface area (Å²) in [5.41, 5.74) is 0.755. The zero-order valence-corrected chi connectivity index (χ0v) is 15.5. The minimum atomic E-state index is -4.47. The third-order valence-corrected chi connectivity index (χ3v) is 4.83. The number of hydrogen-bond acceptors (Lipinski definition) is 2. The van der Waals surface area contributed by atoms with Gasteiger partial charge in [0.05, 0.1) is 6.42 Å². The molecule has 1 aromatic carbocycles. The lowest BCUT2D eigenvalue weighted by Gasteiger charge is -2.49. The summed E-state index contributed by atoms with van der Waals surface area (Å²) in [5, 5.41) is 1.88. The number of benzene rings is 1. The number of alkyl halides is 3.